The summed E-state index contributed by atoms with van der Waals surface area (Å²) < 4.78 is 33.9. The molecule has 1 heterocycles. The molecule has 2 aromatic rings. The maximum Gasteiger partial charge on any atom is 0.264 e. The zero-order valence-corrected chi connectivity index (χ0v) is 17.9. The standard InChI is InChI=1S/C22H23ClN2O4S/c23-16-7-9-17(10-8-16)30(27,28)25-13-21(29-20-4-2-1-3-19(20)25)22(26)24-18-12-14-5-6-15(18)11-14/h1-4,7-10,14-15,18,21H,5-6,11-13H2,(H,24,26)/t14-,15-,18+,21+/m0/s1. The van der Waals surface area contributed by atoms with E-state index in [1.165, 1.54) is 29.3 Å². The Balaban J connectivity index is 1.42. The molecule has 8 heteroatoms. The Morgan fingerprint density at radius 3 is 2.53 bits per heavy atom. The highest BCUT2D eigenvalue weighted by Gasteiger charge is 2.43. The van der Waals surface area contributed by atoms with Gasteiger partial charge in [0.05, 0.1) is 17.1 Å². The van der Waals surface area contributed by atoms with E-state index in [2.05, 4.69) is 5.32 Å². The van der Waals surface area contributed by atoms with Crippen molar-refractivity contribution in [2.75, 3.05) is 10.8 Å². The third-order valence-electron chi connectivity index (χ3n) is 6.49. The van der Waals surface area contributed by atoms with Gasteiger partial charge in [0.15, 0.2) is 6.10 Å². The van der Waals surface area contributed by atoms with E-state index in [4.69, 9.17) is 16.3 Å². The van der Waals surface area contributed by atoms with Gasteiger partial charge in [-0.1, -0.05) is 30.2 Å². The topological polar surface area (TPSA) is 75.7 Å². The number of hydrogen-bond donors (Lipinski definition) is 1. The Hall–Kier alpha value is -2.25. The fraction of sp³-hybridized carbons (Fsp3) is 0.409. The number of rotatable bonds is 4. The second-order valence-corrected chi connectivity index (χ2v) is 10.7. The van der Waals surface area contributed by atoms with Crippen LogP contribution in [0.15, 0.2) is 53.4 Å². The average Bonchev–Trinajstić information content (AvgIpc) is 3.36. The van der Waals surface area contributed by atoms with Gasteiger partial charge in [-0.3, -0.25) is 9.10 Å². The monoisotopic (exact) mass is 446 g/mol. The third kappa shape index (κ3) is 3.44. The lowest BCUT2D eigenvalue weighted by atomic mass is 9.95. The molecule has 30 heavy (non-hydrogen) atoms. The van der Waals surface area contributed by atoms with Crippen molar-refractivity contribution in [3.63, 3.8) is 0 Å². The van der Waals surface area contributed by atoms with Crippen molar-refractivity contribution >= 4 is 33.2 Å². The van der Waals surface area contributed by atoms with E-state index in [1.54, 1.807) is 36.4 Å². The summed E-state index contributed by atoms with van der Waals surface area (Å²) in [7, 11) is -3.88. The summed E-state index contributed by atoms with van der Waals surface area (Å²) in [6.45, 7) is -0.0748. The van der Waals surface area contributed by atoms with Gasteiger partial charge in [0.2, 0.25) is 0 Å². The number of sulfonamides is 1. The molecule has 2 aliphatic carbocycles. The quantitative estimate of drug-likeness (QED) is 0.778. The normalized spacial score (nSPS) is 27.4. The molecule has 0 radical (unpaired) electrons. The summed E-state index contributed by atoms with van der Waals surface area (Å²) in [5.41, 5.74) is 0.427. The Morgan fingerprint density at radius 2 is 1.83 bits per heavy atom. The predicted octanol–water partition coefficient (Wildman–Crippen LogP) is 3.60. The van der Waals surface area contributed by atoms with Gasteiger partial charge in [0.1, 0.15) is 5.75 Å². The molecular formula is C22H23ClN2O4S. The number of halogens is 1. The first-order chi connectivity index (χ1) is 14.4. The Labute approximate surface area is 181 Å². The number of fused-ring (bicyclic) bond motifs is 3. The lowest BCUT2D eigenvalue weighted by Crippen LogP contribution is -2.53. The van der Waals surface area contributed by atoms with Gasteiger partial charge in [-0.05, 0) is 67.5 Å². The molecule has 0 unspecified atom stereocenters. The molecule has 0 aromatic heterocycles. The van der Waals surface area contributed by atoms with Crippen molar-refractivity contribution in [2.24, 2.45) is 11.8 Å². The molecule has 1 aliphatic heterocycles. The van der Waals surface area contributed by atoms with Gasteiger partial charge in [-0.15, -0.1) is 0 Å². The van der Waals surface area contributed by atoms with Crippen LogP contribution in [-0.4, -0.2) is 33.0 Å². The van der Waals surface area contributed by atoms with Crippen molar-refractivity contribution < 1.29 is 17.9 Å². The van der Waals surface area contributed by atoms with Crippen LogP contribution < -0.4 is 14.4 Å². The molecule has 0 saturated heterocycles. The summed E-state index contributed by atoms with van der Waals surface area (Å²) in [6, 6.07) is 13.1. The van der Waals surface area contributed by atoms with E-state index < -0.39 is 16.1 Å². The minimum Gasteiger partial charge on any atom is -0.476 e. The summed E-state index contributed by atoms with van der Waals surface area (Å²) in [4.78, 5) is 13.1. The lowest BCUT2D eigenvalue weighted by Gasteiger charge is -2.35. The highest BCUT2D eigenvalue weighted by atomic mass is 35.5. The molecular weight excluding hydrogens is 424 g/mol. The van der Waals surface area contributed by atoms with E-state index in [9.17, 15) is 13.2 Å². The van der Waals surface area contributed by atoms with Crippen LogP contribution in [0, 0.1) is 11.8 Å². The number of benzene rings is 2. The first kappa shape index (κ1) is 19.7. The zero-order chi connectivity index (χ0) is 20.9. The van der Waals surface area contributed by atoms with Crippen LogP contribution in [0.5, 0.6) is 5.75 Å². The molecule has 3 aliphatic rings. The highest BCUT2D eigenvalue weighted by molar-refractivity contribution is 7.92. The largest absolute Gasteiger partial charge is 0.476 e. The summed E-state index contributed by atoms with van der Waals surface area (Å²) in [5, 5.41) is 3.59. The fourth-order valence-electron chi connectivity index (χ4n) is 5.00. The number of nitrogens with one attached hydrogen (secondary N) is 1. The molecule has 5 rings (SSSR count). The Kier molecular flexibility index (Phi) is 4.90. The van der Waals surface area contributed by atoms with E-state index in [1.807, 2.05) is 0 Å². The van der Waals surface area contributed by atoms with Gasteiger partial charge < -0.3 is 10.1 Å². The number of amides is 1. The maximum atomic E-state index is 13.4. The molecule has 1 amide bonds. The van der Waals surface area contributed by atoms with Crippen LogP contribution in [-0.2, 0) is 14.8 Å². The smallest absolute Gasteiger partial charge is 0.264 e. The average molecular weight is 447 g/mol. The van der Waals surface area contributed by atoms with Crippen LogP contribution in [0.2, 0.25) is 5.02 Å². The number of nitrogens with zero attached hydrogens (tertiary/aromatic N) is 1. The number of hydrogen-bond acceptors (Lipinski definition) is 4. The van der Waals surface area contributed by atoms with Crippen molar-refractivity contribution in [3.05, 3.63) is 53.6 Å². The van der Waals surface area contributed by atoms with Crippen molar-refractivity contribution in [3.8, 4) is 5.75 Å². The third-order valence-corrected chi connectivity index (χ3v) is 8.54. The summed E-state index contributed by atoms with van der Waals surface area (Å²) in [6.07, 6.45) is 3.68. The maximum absolute atomic E-state index is 13.4. The SMILES string of the molecule is O=C(N[C@@H]1C[C@H]2CC[C@H]1C2)[C@H]1CN(S(=O)(=O)c2ccc(Cl)cc2)c2ccccc2O1. The molecule has 158 valence electrons. The molecule has 1 N–H and O–H groups in total. The molecule has 2 fully saturated rings. The minimum atomic E-state index is -3.88. The van der Waals surface area contributed by atoms with Gasteiger partial charge in [-0.25, -0.2) is 8.42 Å². The molecule has 2 aromatic carbocycles. The summed E-state index contributed by atoms with van der Waals surface area (Å²) in [5.74, 6) is 1.37. The first-order valence-corrected chi connectivity index (χ1v) is 12.1. The van der Waals surface area contributed by atoms with Crippen LogP contribution >= 0.6 is 11.6 Å². The second-order valence-electron chi connectivity index (χ2n) is 8.35. The van der Waals surface area contributed by atoms with Gasteiger partial charge >= 0.3 is 0 Å². The van der Waals surface area contributed by atoms with Crippen LogP contribution in [0.4, 0.5) is 5.69 Å². The van der Waals surface area contributed by atoms with Crippen molar-refractivity contribution in [1.29, 1.82) is 0 Å². The Bertz CT molecular complexity index is 1070. The molecule has 2 saturated carbocycles. The van der Waals surface area contributed by atoms with Crippen molar-refractivity contribution in [2.45, 2.75) is 42.7 Å². The molecule has 0 spiro atoms. The number of para-hydroxylation sites is 2. The van der Waals surface area contributed by atoms with E-state index in [0.717, 1.165) is 12.8 Å². The van der Waals surface area contributed by atoms with Crippen LogP contribution in [0.3, 0.4) is 0 Å². The number of anilines is 1. The highest BCUT2D eigenvalue weighted by Crippen LogP contribution is 2.44. The second kappa shape index (κ2) is 7.46. The summed E-state index contributed by atoms with van der Waals surface area (Å²) >= 11 is 5.92. The first-order valence-electron chi connectivity index (χ1n) is 10.3. The van der Waals surface area contributed by atoms with Crippen LogP contribution in [0.25, 0.3) is 0 Å². The number of ether oxygens (including phenoxy) is 1. The van der Waals surface area contributed by atoms with Gasteiger partial charge in [0.25, 0.3) is 15.9 Å². The van der Waals surface area contributed by atoms with Crippen molar-refractivity contribution in [1.82, 2.24) is 5.32 Å². The molecule has 2 bridgehead atoms. The fourth-order valence-corrected chi connectivity index (χ4v) is 6.60. The zero-order valence-electron chi connectivity index (χ0n) is 16.3. The van der Waals surface area contributed by atoms with Gasteiger partial charge in [-0.2, -0.15) is 0 Å². The Morgan fingerprint density at radius 1 is 1.07 bits per heavy atom. The number of carbonyl (C=O) groups is 1. The van der Waals surface area contributed by atoms with Gasteiger partial charge in [0, 0.05) is 11.1 Å². The van der Waals surface area contributed by atoms with E-state index >= 15 is 0 Å². The molecule has 4 atom stereocenters. The predicted molar refractivity (Wildman–Crippen MR) is 114 cm³/mol. The van der Waals surface area contributed by atoms with Crippen LogP contribution in [0.1, 0.15) is 25.7 Å². The lowest BCUT2D eigenvalue weighted by molar-refractivity contribution is -0.128. The van der Waals surface area contributed by atoms with E-state index in [-0.39, 0.29) is 23.4 Å². The number of carbonyl (C=O) groups excluding carboxylic acids is 1. The minimum absolute atomic E-state index is 0.0748. The molecule has 6 nitrogen and oxygen atoms in total. The van der Waals surface area contributed by atoms with E-state index in [0.29, 0.717) is 28.3 Å².